The van der Waals surface area contributed by atoms with Crippen molar-refractivity contribution in [2.75, 3.05) is 19.8 Å². The van der Waals surface area contributed by atoms with E-state index in [1.165, 1.54) is 0 Å². The van der Waals surface area contributed by atoms with E-state index in [1.807, 2.05) is 41.5 Å². The lowest BCUT2D eigenvalue weighted by Crippen LogP contribution is -2.76. The second-order valence-corrected chi connectivity index (χ2v) is 27.4. The maximum Gasteiger partial charge on any atom is 0.338 e. The van der Waals surface area contributed by atoms with E-state index in [2.05, 4.69) is 19.9 Å². The van der Waals surface area contributed by atoms with Crippen LogP contribution in [0.2, 0.25) is 0 Å². The highest BCUT2D eigenvalue weighted by molar-refractivity contribution is 5.89. The van der Waals surface area contributed by atoms with Crippen molar-refractivity contribution in [1.82, 2.24) is 0 Å². The molecular formula is C61H90O24. The van der Waals surface area contributed by atoms with Crippen molar-refractivity contribution in [3.63, 3.8) is 0 Å². The molecule has 7 fully saturated rings. The Morgan fingerprint density at radius 1 is 0.671 bits per heavy atom. The van der Waals surface area contributed by atoms with Crippen LogP contribution in [0.1, 0.15) is 125 Å². The maximum atomic E-state index is 14.0. The van der Waals surface area contributed by atoms with Crippen molar-refractivity contribution in [2.45, 2.75) is 231 Å². The Morgan fingerprint density at radius 2 is 1.27 bits per heavy atom. The predicted molar refractivity (Wildman–Crippen MR) is 293 cm³/mol. The smallest absolute Gasteiger partial charge is 0.338 e. The van der Waals surface area contributed by atoms with Crippen LogP contribution in [0.5, 0.6) is 0 Å². The fraction of sp³-hybridized carbons (Fsp3) is 0.803. The lowest BCUT2D eigenvalue weighted by atomic mass is 9.32. The quantitative estimate of drug-likeness (QED) is 0.0480. The molecule has 0 bridgehead atoms. The van der Waals surface area contributed by atoms with Crippen molar-refractivity contribution in [2.24, 2.45) is 56.2 Å². The molecule has 11 N–H and O–H groups in total. The first-order chi connectivity index (χ1) is 39.8. The largest absolute Gasteiger partial charge is 0.479 e. The Kier molecular flexibility index (Phi) is 18.7. The summed E-state index contributed by atoms with van der Waals surface area (Å²) >= 11 is 0. The normalized spacial score (nSPS) is 46.7. The Bertz CT molecular complexity index is 2620. The highest BCUT2D eigenvalue weighted by atomic mass is 16.8. The van der Waals surface area contributed by atoms with Crippen molar-refractivity contribution in [3.05, 3.63) is 47.5 Å². The molecule has 1 unspecified atom stereocenters. The van der Waals surface area contributed by atoms with E-state index in [0.29, 0.717) is 38.5 Å². The minimum absolute atomic E-state index is 0.167. The van der Waals surface area contributed by atoms with Crippen LogP contribution in [0.25, 0.3) is 0 Å². The number of carboxylic acids is 1. The van der Waals surface area contributed by atoms with Gasteiger partial charge in [-0.1, -0.05) is 92.2 Å². The van der Waals surface area contributed by atoms with Gasteiger partial charge in [-0.05, 0) is 91.1 Å². The van der Waals surface area contributed by atoms with Crippen LogP contribution in [-0.2, 0) is 57.0 Å². The predicted octanol–water partition coefficient (Wildman–Crippen LogP) is 1.26. The summed E-state index contributed by atoms with van der Waals surface area (Å²) < 4.78 is 55.4. The summed E-state index contributed by atoms with van der Waals surface area (Å²) in [6.45, 7) is 16.4. The summed E-state index contributed by atoms with van der Waals surface area (Å²) in [5.74, 6) is -5.54. The second-order valence-electron chi connectivity index (χ2n) is 27.4. The standard InChI is InChI=1S/C61H90O24/c1-11-27(2)51(75)85-49-48(84-52(76)29-15-13-12-14-16-29)56(4,5)23-31-30-17-18-35-58(8)21-20-36(57(6,7)34(58)19-22-59(35,9)60(30,10)46(71)47(72)61(31,49)26-64)80-55-45(83-54-41(70)39(68)37(66)32(24-62)78-54)43(77-28(3)65)42(44(82-55)50(73)74)81-53-40(69)38(67)33(25-63)79-53/h12-17,27,31-49,53-55,62-64,66-72H,11,18-26H2,1-10H3,(H,73,74)/t27?,31-,32+,33-,34-,35+,36-,37+,38-,39-,40+,41+,42-,43-,44-,45+,46-,47+,48-,49-,53-,54-,55+,58-,59+,60-,61-/m0/s1. The third-order valence-electron chi connectivity index (χ3n) is 22.2. The average molecular weight is 1210 g/mol. The third kappa shape index (κ3) is 10.7. The Morgan fingerprint density at radius 3 is 1.85 bits per heavy atom. The molecule has 478 valence electrons. The number of rotatable bonds is 16. The molecule has 3 aliphatic heterocycles. The van der Waals surface area contributed by atoms with Gasteiger partial charge in [0.05, 0.1) is 55.0 Å². The van der Waals surface area contributed by atoms with E-state index >= 15 is 0 Å². The lowest BCUT2D eigenvalue weighted by Gasteiger charge is -2.73. The molecule has 27 atom stereocenters. The molecule has 3 heterocycles. The number of aliphatic hydroxyl groups is 10. The number of carbonyl (C=O) groups is 4. The van der Waals surface area contributed by atoms with E-state index in [9.17, 15) is 75.3 Å². The zero-order valence-corrected chi connectivity index (χ0v) is 50.0. The Hall–Kier alpha value is -3.80. The maximum absolute atomic E-state index is 14.0. The number of esters is 3. The van der Waals surface area contributed by atoms with E-state index in [0.717, 1.165) is 12.5 Å². The van der Waals surface area contributed by atoms with E-state index < -0.39 is 205 Å². The number of aliphatic carboxylic acids is 1. The number of benzene rings is 1. The molecule has 3 saturated heterocycles. The van der Waals surface area contributed by atoms with Crippen LogP contribution in [0.4, 0.5) is 0 Å². The fourth-order valence-corrected chi connectivity index (χ4v) is 17.0. The molecule has 4 saturated carbocycles. The van der Waals surface area contributed by atoms with Gasteiger partial charge < -0.3 is 98.8 Å². The summed E-state index contributed by atoms with van der Waals surface area (Å²) in [4.78, 5) is 54.4. The van der Waals surface area contributed by atoms with Gasteiger partial charge in [-0.15, -0.1) is 0 Å². The van der Waals surface area contributed by atoms with Crippen molar-refractivity contribution < 1.29 is 118 Å². The number of carbonyl (C=O) groups excluding carboxylic acids is 3. The number of aliphatic hydroxyl groups excluding tert-OH is 10. The Labute approximate surface area is 494 Å². The van der Waals surface area contributed by atoms with Gasteiger partial charge in [0.25, 0.3) is 0 Å². The van der Waals surface area contributed by atoms with Crippen LogP contribution < -0.4 is 0 Å². The number of fused-ring (bicyclic) bond motifs is 7. The first kappa shape index (κ1) is 65.6. The van der Waals surface area contributed by atoms with Gasteiger partial charge >= 0.3 is 23.9 Å². The first-order valence-corrected chi connectivity index (χ1v) is 29.9. The fourth-order valence-electron chi connectivity index (χ4n) is 17.0. The zero-order valence-electron chi connectivity index (χ0n) is 50.0. The van der Waals surface area contributed by atoms with Crippen molar-refractivity contribution >= 4 is 23.9 Å². The van der Waals surface area contributed by atoms with Crippen LogP contribution in [0.3, 0.4) is 0 Å². The van der Waals surface area contributed by atoms with Crippen molar-refractivity contribution in [1.29, 1.82) is 0 Å². The van der Waals surface area contributed by atoms with Gasteiger partial charge in [-0.3, -0.25) is 9.59 Å². The molecule has 0 radical (unpaired) electrons. The van der Waals surface area contributed by atoms with E-state index in [4.69, 9.17) is 42.6 Å². The van der Waals surface area contributed by atoms with Gasteiger partial charge in [0.2, 0.25) is 0 Å². The molecule has 0 amide bonds. The second kappa shape index (κ2) is 24.2. The molecular weight excluding hydrogens is 1120 g/mol. The number of hydrogen-bond donors (Lipinski definition) is 11. The molecule has 24 heteroatoms. The number of hydrogen-bond acceptors (Lipinski definition) is 23. The van der Waals surface area contributed by atoms with E-state index in [-0.39, 0.29) is 23.8 Å². The minimum atomic E-state index is -2.09. The summed E-state index contributed by atoms with van der Waals surface area (Å²) in [5.41, 5.74) is -4.80. The molecule has 9 rings (SSSR count). The van der Waals surface area contributed by atoms with Gasteiger partial charge in [0, 0.05) is 17.8 Å². The number of allylic oxidation sites excluding steroid dienone is 1. The highest BCUT2D eigenvalue weighted by Gasteiger charge is 2.76. The van der Waals surface area contributed by atoms with Crippen LogP contribution >= 0.6 is 0 Å². The summed E-state index contributed by atoms with van der Waals surface area (Å²) in [7, 11) is 0. The SMILES string of the molecule is CCC(C)C(=O)O[C@H]1[C@H](OC(=O)c2ccccc2)C(C)(C)C[C@H]2C3=CC[C@@H]4[C@@]5(C)CC[C@H](O[C@@H]6O[C@H](C(=O)O)[C@@H](O[C@@H]7O[C@@H](CO)[C@H](O)[C@H]7O)[C@H](OC(C)=O)[C@H]6O[C@@H]6O[C@H](CO)[C@@H](O)[C@H](O)[C@H]6O)C(C)(C)[C@@H]5CC[C@@]4(C)[C@]3(C)[C@@H](O)[C@@H](O)[C@]21CO. The average Bonchev–Trinajstić information content (AvgIpc) is 0.931. The van der Waals surface area contributed by atoms with Gasteiger partial charge in [-0.25, -0.2) is 9.59 Å². The topological polar surface area (TPSA) is 374 Å². The molecule has 0 aromatic heterocycles. The molecule has 0 spiro atoms. The van der Waals surface area contributed by atoms with Crippen LogP contribution in [-0.4, -0.2) is 216 Å². The molecule has 85 heavy (non-hydrogen) atoms. The lowest BCUT2D eigenvalue weighted by molar-refractivity contribution is -0.383. The summed E-state index contributed by atoms with van der Waals surface area (Å²) in [6.07, 6.45) is -26.9. The van der Waals surface area contributed by atoms with Gasteiger partial charge in [0.15, 0.2) is 43.3 Å². The van der Waals surface area contributed by atoms with Crippen LogP contribution in [0.15, 0.2) is 42.0 Å². The van der Waals surface area contributed by atoms with Crippen LogP contribution in [0, 0.1) is 56.2 Å². The summed E-state index contributed by atoms with van der Waals surface area (Å²) in [6, 6.07) is 8.37. The monoisotopic (exact) mass is 1210 g/mol. The van der Waals surface area contributed by atoms with E-state index in [1.54, 1.807) is 37.3 Å². The Balaban J connectivity index is 1.05. The minimum Gasteiger partial charge on any atom is -0.479 e. The third-order valence-corrected chi connectivity index (χ3v) is 22.2. The van der Waals surface area contributed by atoms with Crippen molar-refractivity contribution in [3.8, 4) is 0 Å². The molecule has 1 aromatic rings. The zero-order chi connectivity index (χ0) is 62.4. The first-order valence-electron chi connectivity index (χ1n) is 29.9. The van der Waals surface area contributed by atoms with Gasteiger partial charge in [0.1, 0.15) is 54.9 Å². The number of carboxylic acid groups (broad SMARTS) is 1. The summed E-state index contributed by atoms with van der Waals surface area (Å²) in [5, 5.41) is 123. The molecule has 1 aromatic carbocycles. The number of ether oxygens (including phenoxy) is 9. The molecule has 24 nitrogen and oxygen atoms in total. The highest BCUT2D eigenvalue weighted by Crippen LogP contribution is 2.76. The van der Waals surface area contributed by atoms with Gasteiger partial charge in [-0.2, -0.15) is 0 Å². The molecule has 5 aliphatic carbocycles. The molecule has 8 aliphatic rings.